The van der Waals surface area contributed by atoms with Crippen LogP contribution in [0, 0.1) is 17.6 Å². The summed E-state index contributed by atoms with van der Waals surface area (Å²) in [5.74, 6) is -1.64. The van der Waals surface area contributed by atoms with Gasteiger partial charge in [0, 0.05) is 43.6 Å². The summed E-state index contributed by atoms with van der Waals surface area (Å²) in [6, 6.07) is 7.99. The van der Waals surface area contributed by atoms with E-state index in [1.54, 1.807) is 11.3 Å². The Labute approximate surface area is 143 Å². The SMILES string of the molecule is O=C([C@H]1C[C@H]1c1c(F)cccc1F)N1CCN(c2cccs2)CC1. The van der Waals surface area contributed by atoms with E-state index in [-0.39, 0.29) is 23.3 Å². The van der Waals surface area contributed by atoms with Gasteiger partial charge >= 0.3 is 0 Å². The van der Waals surface area contributed by atoms with E-state index in [9.17, 15) is 13.6 Å². The van der Waals surface area contributed by atoms with Crippen molar-refractivity contribution in [2.24, 2.45) is 5.92 Å². The third-order valence-corrected chi connectivity index (χ3v) is 5.82. The lowest BCUT2D eigenvalue weighted by atomic mass is 10.1. The Bertz CT molecular complexity index is 721. The van der Waals surface area contributed by atoms with Crippen molar-refractivity contribution in [2.45, 2.75) is 12.3 Å². The predicted molar refractivity (Wildman–Crippen MR) is 90.3 cm³/mol. The zero-order valence-corrected chi connectivity index (χ0v) is 13.9. The Kier molecular flexibility index (Phi) is 4.00. The molecule has 126 valence electrons. The molecular weight excluding hydrogens is 330 g/mol. The van der Waals surface area contributed by atoms with Crippen LogP contribution in [-0.2, 0) is 4.79 Å². The molecule has 6 heteroatoms. The Morgan fingerprint density at radius 2 is 1.75 bits per heavy atom. The van der Waals surface area contributed by atoms with Crippen LogP contribution in [0.1, 0.15) is 17.9 Å². The second-order valence-electron chi connectivity index (χ2n) is 6.35. The summed E-state index contributed by atoms with van der Waals surface area (Å²) in [6.07, 6.45) is 0.543. The maximum Gasteiger partial charge on any atom is 0.226 e. The number of anilines is 1. The lowest BCUT2D eigenvalue weighted by Gasteiger charge is -2.35. The van der Waals surface area contributed by atoms with Gasteiger partial charge in [-0.15, -0.1) is 11.3 Å². The fourth-order valence-corrected chi connectivity index (χ4v) is 4.27. The van der Waals surface area contributed by atoms with Crippen molar-refractivity contribution in [2.75, 3.05) is 31.1 Å². The van der Waals surface area contributed by atoms with Gasteiger partial charge < -0.3 is 9.80 Å². The van der Waals surface area contributed by atoms with Crippen molar-refractivity contribution >= 4 is 22.2 Å². The lowest BCUT2D eigenvalue weighted by Crippen LogP contribution is -2.49. The number of thiophene rings is 1. The van der Waals surface area contributed by atoms with Crippen molar-refractivity contribution in [3.05, 3.63) is 52.9 Å². The van der Waals surface area contributed by atoms with Crippen LogP contribution in [0.5, 0.6) is 0 Å². The number of hydrogen-bond donors (Lipinski definition) is 0. The number of benzene rings is 1. The second kappa shape index (κ2) is 6.16. The van der Waals surface area contributed by atoms with Crippen LogP contribution in [-0.4, -0.2) is 37.0 Å². The van der Waals surface area contributed by atoms with Crippen molar-refractivity contribution in [1.82, 2.24) is 4.90 Å². The zero-order valence-electron chi connectivity index (χ0n) is 13.1. The molecule has 4 rings (SSSR count). The number of hydrogen-bond acceptors (Lipinski definition) is 3. The summed E-state index contributed by atoms with van der Waals surface area (Å²) in [7, 11) is 0. The quantitative estimate of drug-likeness (QED) is 0.848. The number of carbonyl (C=O) groups is 1. The van der Waals surface area contributed by atoms with Crippen LogP contribution in [0.15, 0.2) is 35.7 Å². The highest BCUT2D eigenvalue weighted by molar-refractivity contribution is 7.14. The molecular formula is C18H18F2N2OS. The van der Waals surface area contributed by atoms with E-state index in [1.165, 1.54) is 23.2 Å². The van der Waals surface area contributed by atoms with Gasteiger partial charge in [-0.25, -0.2) is 8.78 Å². The molecule has 0 bridgehead atoms. The summed E-state index contributed by atoms with van der Waals surface area (Å²) < 4.78 is 27.7. The maximum atomic E-state index is 13.9. The molecule has 2 aromatic rings. The molecule has 1 aliphatic heterocycles. The summed E-state index contributed by atoms with van der Waals surface area (Å²) in [6.45, 7) is 2.94. The number of halogens is 2. The second-order valence-corrected chi connectivity index (χ2v) is 7.27. The Morgan fingerprint density at radius 1 is 1.04 bits per heavy atom. The minimum atomic E-state index is -0.544. The molecule has 2 heterocycles. The van der Waals surface area contributed by atoms with Gasteiger partial charge in [0.05, 0.1) is 5.00 Å². The first-order valence-electron chi connectivity index (χ1n) is 8.16. The van der Waals surface area contributed by atoms with Crippen LogP contribution < -0.4 is 4.90 Å². The van der Waals surface area contributed by atoms with E-state index in [2.05, 4.69) is 11.0 Å². The fraction of sp³-hybridized carbons (Fsp3) is 0.389. The van der Waals surface area contributed by atoms with E-state index in [0.717, 1.165) is 13.1 Å². The van der Waals surface area contributed by atoms with Gasteiger partial charge in [0.1, 0.15) is 11.6 Å². The molecule has 0 N–H and O–H groups in total. The van der Waals surface area contributed by atoms with Gasteiger partial charge in [-0.2, -0.15) is 0 Å². The van der Waals surface area contributed by atoms with Crippen LogP contribution in [0.3, 0.4) is 0 Å². The molecule has 3 nitrogen and oxygen atoms in total. The van der Waals surface area contributed by atoms with Crippen LogP contribution in [0.2, 0.25) is 0 Å². The Hall–Kier alpha value is -1.95. The van der Waals surface area contributed by atoms with Crippen molar-refractivity contribution in [3.8, 4) is 0 Å². The van der Waals surface area contributed by atoms with E-state index < -0.39 is 11.6 Å². The molecule has 1 aliphatic carbocycles. The highest BCUT2D eigenvalue weighted by Gasteiger charge is 2.48. The number of piperazine rings is 1. The standard InChI is InChI=1S/C18H18F2N2OS/c19-14-3-1-4-15(20)17(14)12-11-13(12)18(23)22-8-6-21(7-9-22)16-5-2-10-24-16/h1-5,10,12-13H,6-9,11H2/t12-,13+/m1/s1. The first-order valence-corrected chi connectivity index (χ1v) is 9.04. The number of rotatable bonds is 3. The average Bonchev–Trinajstić information content (AvgIpc) is 3.16. The van der Waals surface area contributed by atoms with E-state index in [1.807, 2.05) is 16.3 Å². The van der Waals surface area contributed by atoms with Gasteiger partial charge in [-0.3, -0.25) is 4.79 Å². The summed E-state index contributed by atoms with van der Waals surface area (Å²) in [5, 5.41) is 3.27. The molecule has 1 aromatic heterocycles. The van der Waals surface area contributed by atoms with Gasteiger partial charge in [0.15, 0.2) is 0 Å². The number of carbonyl (C=O) groups excluding carboxylic acids is 1. The largest absolute Gasteiger partial charge is 0.360 e. The van der Waals surface area contributed by atoms with Crippen LogP contribution in [0.4, 0.5) is 13.8 Å². The molecule has 1 saturated heterocycles. The summed E-state index contributed by atoms with van der Waals surface area (Å²) in [5.41, 5.74) is 0.0769. The normalized spacial score (nSPS) is 23.4. The topological polar surface area (TPSA) is 23.6 Å². The van der Waals surface area contributed by atoms with Gasteiger partial charge in [-0.1, -0.05) is 6.07 Å². The lowest BCUT2D eigenvalue weighted by molar-refractivity contribution is -0.132. The maximum absolute atomic E-state index is 13.9. The third kappa shape index (κ3) is 2.79. The molecule has 2 aliphatic rings. The minimum Gasteiger partial charge on any atom is -0.360 e. The van der Waals surface area contributed by atoms with Crippen molar-refractivity contribution in [1.29, 1.82) is 0 Å². The predicted octanol–water partition coefficient (Wildman–Crippen LogP) is 3.48. The Balaban J connectivity index is 1.38. The molecule has 24 heavy (non-hydrogen) atoms. The third-order valence-electron chi connectivity index (χ3n) is 4.89. The minimum absolute atomic E-state index is 0.0356. The number of amides is 1. The molecule has 1 aromatic carbocycles. The molecule has 0 spiro atoms. The number of nitrogens with zero attached hydrogens (tertiary/aromatic N) is 2. The monoisotopic (exact) mass is 348 g/mol. The van der Waals surface area contributed by atoms with E-state index in [0.29, 0.717) is 19.5 Å². The van der Waals surface area contributed by atoms with Crippen molar-refractivity contribution in [3.63, 3.8) is 0 Å². The molecule has 2 fully saturated rings. The highest BCUT2D eigenvalue weighted by atomic mass is 32.1. The summed E-state index contributed by atoms with van der Waals surface area (Å²) >= 11 is 1.70. The molecule has 0 unspecified atom stereocenters. The zero-order chi connectivity index (χ0) is 16.7. The molecule has 2 atom stereocenters. The molecule has 0 radical (unpaired) electrons. The van der Waals surface area contributed by atoms with Gasteiger partial charge in [0.25, 0.3) is 0 Å². The smallest absolute Gasteiger partial charge is 0.226 e. The highest BCUT2D eigenvalue weighted by Crippen LogP contribution is 2.50. The average molecular weight is 348 g/mol. The first kappa shape index (κ1) is 15.6. The van der Waals surface area contributed by atoms with Crippen LogP contribution in [0.25, 0.3) is 0 Å². The van der Waals surface area contributed by atoms with E-state index in [4.69, 9.17) is 0 Å². The Morgan fingerprint density at radius 3 is 2.38 bits per heavy atom. The van der Waals surface area contributed by atoms with Crippen LogP contribution >= 0.6 is 11.3 Å². The molecule has 1 amide bonds. The van der Waals surface area contributed by atoms with Gasteiger partial charge in [-0.05, 0) is 36.1 Å². The fourth-order valence-electron chi connectivity index (χ4n) is 3.48. The molecule has 1 saturated carbocycles. The van der Waals surface area contributed by atoms with E-state index >= 15 is 0 Å². The van der Waals surface area contributed by atoms with Crippen molar-refractivity contribution < 1.29 is 13.6 Å². The van der Waals surface area contributed by atoms with Gasteiger partial charge in [0.2, 0.25) is 5.91 Å². The first-order chi connectivity index (χ1) is 11.6. The summed E-state index contributed by atoms with van der Waals surface area (Å²) in [4.78, 5) is 16.7.